The minimum Gasteiger partial charge on any atom is -0.378 e. The second-order valence-electron chi connectivity index (χ2n) is 5.92. The Morgan fingerprint density at radius 2 is 1.96 bits per heavy atom. The van der Waals surface area contributed by atoms with Gasteiger partial charge in [0.05, 0.1) is 25.1 Å². The van der Waals surface area contributed by atoms with Crippen LogP contribution in [0.3, 0.4) is 0 Å². The van der Waals surface area contributed by atoms with Gasteiger partial charge in [-0.05, 0) is 18.1 Å². The summed E-state index contributed by atoms with van der Waals surface area (Å²) in [6.07, 6.45) is 1.63. The van der Waals surface area contributed by atoms with Crippen molar-refractivity contribution in [2.45, 2.75) is 26.8 Å². The summed E-state index contributed by atoms with van der Waals surface area (Å²) in [5.74, 6) is 0.406. The number of carbonyl (C=O) groups excluding carboxylic acids is 2. The van der Waals surface area contributed by atoms with Crippen molar-refractivity contribution in [2.75, 3.05) is 36.5 Å². The molecule has 23 heavy (non-hydrogen) atoms. The fourth-order valence-corrected chi connectivity index (χ4v) is 2.41. The van der Waals surface area contributed by atoms with Gasteiger partial charge in [-0.1, -0.05) is 13.8 Å². The normalized spacial score (nSPS) is 16.1. The lowest BCUT2D eigenvalue weighted by Crippen LogP contribution is -2.46. The van der Waals surface area contributed by atoms with Gasteiger partial charge in [0.25, 0.3) is 0 Å². The maximum Gasteiger partial charge on any atom is 0.247 e. The Bertz CT molecular complexity index is 539. The minimum absolute atomic E-state index is 0.000479. The van der Waals surface area contributed by atoms with Crippen LogP contribution in [-0.4, -0.2) is 49.1 Å². The van der Waals surface area contributed by atoms with E-state index in [0.717, 1.165) is 18.9 Å². The number of pyridine rings is 1. The van der Waals surface area contributed by atoms with Gasteiger partial charge in [-0.2, -0.15) is 0 Å². The molecule has 7 heteroatoms. The van der Waals surface area contributed by atoms with E-state index in [-0.39, 0.29) is 17.7 Å². The predicted molar refractivity (Wildman–Crippen MR) is 88.3 cm³/mol. The van der Waals surface area contributed by atoms with Crippen molar-refractivity contribution in [3.63, 3.8) is 0 Å². The summed E-state index contributed by atoms with van der Waals surface area (Å²) in [4.78, 5) is 30.0. The third-order valence-electron chi connectivity index (χ3n) is 3.66. The fourth-order valence-electron chi connectivity index (χ4n) is 2.41. The summed E-state index contributed by atoms with van der Waals surface area (Å²) in [6, 6.07) is 3.14. The SMILES string of the molecule is CC(=O)NC(C(=O)Nc1ccc(N2CCOCC2)nc1)C(C)C. The van der Waals surface area contributed by atoms with Crippen LogP contribution in [0.25, 0.3) is 0 Å². The van der Waals surface area contributed by atoms with E-state index in [4.69, 9.17) is 4.74 Å². The van der Waals surface area contributed by atoms with Gasteiger partial charge in [-0.15, -0.1) is 0 Å². The number of morpholine rings is 1. The molecule has 2 N–H and O–H groups in total. The number of aromatic nitrogens is 1. The van der Waals surface area contributed by atoms with Gasteiger partial charge >= 0.3 is 0 Å². The van der Waals surface area contributed by atoms with Crippen molar-refractivity contribution < 1.29 is 14.3 Å². The largest absolute Gasteiger partial charge is 0.378 e. The van der Waals surface area contributed by atoms with E-state index in [1.807, 2.05) is 26.0 Å². The van der Waals surface area contributed by atoms with Crippen LogP contribution in [0.4, 0.5) is 11.5 Å². The van der Waals surface area contributed by atoms with Gasteiger partial charge in [-0.25, -0.2) is 4.98 Å². The number of nitrogens with one attached hydrogen (secondary N) is 2. The van der Waals surface area contributed by atoms with E-state index in [0.29, 0.717) is 18.9 Å². The van der Waals surface area contributed by atoms with Crippen LogP contribution in [0, 0.1) is 5.92 Å². The molecule has 1 fully saturated rings. The van der Waals surface area contributed by atoms with Gasteiger partial charge in [0.1, 0.15) is 11.9 Å². The summed E-state index contributed by atoms with van der Waals surface area (Å²) >= 11 is 0. The molecule has 126 valence electrons. The third kappa shape index (κ3) is 4.92. The molecular weight excluding hydrogens is 296 g/mol. The fraction of sp³-hybridized carbons (Fsp3) is 0.562. The van der Waals surface area contributed by atoms with Crippen LogP contribution >= 0.6 is 0 Å². The van der Waals surface area contributed by atoms with Crippen molar-refractivity contribution in [1.82, 2.24) is 10.3 Å². The quantitative estimate of drug-likeness (QED) is 0.846. The summed E-state index contributed by atoms with van der Waals surface area (Å²) in [6.45, 7) is 8.22. The Hall–Kier alpha value is -2.15. The molecule has 0 aromatic carbocycles. The number of hydrogen-bond donors (Lipinski definition) is 2. The van der Waals surface area contributed by atoms with Gasteiger partial charge in [0, 0.05) is 20.0 Å². The van der Waals surface area contributed by atoms with E-state index >= 15 is 0 Å². The number of hydrogen-bond acceptors (Lipinski definition) is 5. The number of amides is 2. The van der Waals surface area contributed by atoms with Crippen LogP contribution in [0.15, 0.2) is 18.3 Å². The maximum atomic E-state index is 12.3. The Morgan fingerprint density at radius 3 is 2.48 bits per heavy atom. The molecule has 0 saturated carbocycles. The van der Waals surface area contributed by atoms with E-state index < -0.39 is 6.04 Å². The Balaban J connectivity index is 1.98. The first-order chi connectivity index (χ1) is 11.0. The molecule has 2 heterocycles. The zero-order valence-electron chi connectivity index (χ0n) is 13.8. The first-order valence-electron chi connectivity index (χ1n) is 7.84. The Morgan fingerprint density at radius 1 is 1.26 bits per heavy atom. The van der Waals surface area contributed by atoms with Crippen molar-refractivity contribution >= 4 is 23.3 Å². The molecule has 1 saturated heterocycles. The first-order valence-corrected chi connectivity index (χ1v) is 7.84. The lowest BCUT2D eigenvalue weighted by molar-refractivity contribution is -0.126. The highest BCUT2D eigenvalue weighted by atomic mass is 16.5. The molecule has 2 amide bonds. The molecule has 0 spiro atoms. The molecule has 1 aliphatic rings. The van der Waals surface area contributed by atoms with Crippen LogP contribution in [0.2, 0.25) is 0 Å². The zero-order valence-corrected chi connectivity index (χ0v) is 13.8. The smallest absolute Gasteiger partial charge is 0.247 e. The van der Waals surface area contributed by atoms with Crippen molar-refractivity contribution in [3.8, 4) is 0 Å². The third-order valence-corrected chi connectivity index (χ3v) is 3.66. The molecule has 0 bridgehead atoms. The summed E-state index contributed by atoms with van der Waals surface area (Å²) in [5.41, 5.74) is 0.614. The number of nitrogens with zero attached hydrogens (tertiary/aromatic N) is 2. The predicted octanol–water partition coefficient (Wildman–Crippen LogP) is 1.02. The van der Waals surface area contributed by atoms with Gasteiger partial charge in [-0.3, -0.25) is 9.59 Å². The van der Waals surface area contributed by atoms with Crippen LogP contribution < -0.4 is 15.5 Å². The average molecular weight is 320 g/mol. The molecule has 1 unspecified atom stereocenters. The summed E-state index contributed by atoms with van der Waals surface area (Å²) < 4.78 is 5.32. The number of carbonyl (C=O) groups is 2. The van der Waals surface area contributed by atoms with E-state index in [2.05, 4.69) is 20.5 Å². The van der Waals surface area contributed by atoms with Crippen LogP contribution in [-0.2, 0) is 14.3 Å². The lowest BCUT2D eigenvalue weighted by atomic mass is 10.0. The maximum absolute atomic E-state index is 12.3. The number of ether oxygens (including phenoxy) is 1. The second kappa shape index (κ2) is 7.92. The number of anilines is 2. The topological polar surface area (TPSA) is 83.6 Å². The standard InChI is InChI=1S/C16H24N4O3/c1-11(2)15(18-12(3)21)16(22)19-13-4-5-14(17-10-13)20-6-8-23-9-7-20/h4-5,10-11,15H,6-9H2,1-3H3,(H,18,21)(H,19,22). The van der Waals surface area contributed by atoms with Crippen molar-refractivity contribution in [2.24, 2.45) is 5.92 Å². The highest BCUT2D eigenvalue weighted by Crippen LogP contribution is 2.16. The summed E-state index contributed by atoms with van der Waals surface area (Å²) in [5, 5.41) is 5.47. The summed E-state index contributed by atoms with van der Waals surface area (Å²) in [7, 11) is 0. The van der Waals surface area contributed by atoms with Gasteiger partial charge in [0.2, 0.25) is 11.8 Å². The van der Waals surface area contributed by atoms with Crippen LogP contribution in [0.1, 0.15) is 20.8 Å². The highest BCUT2D eigenvalue weighted by Gasteiger charge is 2.23. The Labute approximate surface area is 136 Å². The zero-order chi connectivity index (χ0) is 16.8. The highest BCUT2D eigenvalue weighted by molar-refractivity contribution is 5.97. The lowest BCUT2D eigenvalue weighted by Gasteiger charge is -2.27. The van der Waals surface area contributed by atoms with E-state index in [1.54, 1.807) is 6.20 Å². The first kappa shape index (κ1) is 17.2. The molecule has 0 radical (unpaired) electrons. The van der Waals surface area contributed by atoms with Crippen molar-refractivity contribution in [1.29, 1.82) is 0 Å². The van der Waals surface area contributed by atoms with Crippen molar-refractivity contribution in [3.05, 3.63) is 18.3 Å². The van der Waals surface area contributed by atoms with Gasteiger partial charge < -0.3 is 20.3 Å². The Kier molecular flexibility index (Phi) is 5.92. The molecule has 2 rings (SSSR count). The molecule has 1 aromatic rings. The van der Waals surface area contributed by atoms with Gasteiger partial charge in [0.15, 0.2) is 0 Å². The molecule has 0 aliphatic carbocycles. The average Bonchev–Trinajstić information content (AvgIpc) is 2.53. The minimum atomic E-state index is -0.564. The molecule has 1 aromatic heterocycles. The van der Waals surface area contributed by atoms with E-state index in [9.17, 15) is 9.59 Å². The molecular formula is C16H24N4O3. The molecule has 1 aliphatic heterocycles. The number of rotatable bonds is 5. The molecule has 7 nitrogen and oxygen atoms in total. The van der Waals surface area contributed by atoms with Crippen LogP contribution in [0.5, 0.6) is 0 Å². The molecule has 1 atom stereocenters. The monoisotopic (exact) mass is 320 g/mol. The van der Waals surface area contributed by atoms with E-state index in [1.165, 1.54) is 6.92 Å². The second-order valence-corrected chi connectivity index (χ2v) is 5.92.